The molecule has 0 aliphatic rings. The molecule has 0 aliphatic carbocycles. The van der Waals surface area contributed by atoms with Gasteiger partial charge in [-0.25, -0.2) is 4.98 Å². The molecule has 25 heavy (non-hydrogen) atoms. The fraction of sp³-hybridized carbons (Fsp3) is 0.350. The lowest BCUT2D eigenvalue weighted by Gasteiger charge is -2.17. The first-order valence-corrected chi connectivity index (χ1v) is 8.98. The maximum atomic E-state index is 10.5. The largest absolute Gasteiger partial charge is 0.491 e. The van der Waals surface area contributed by atoms with Crippen LogP contribution in [-0.2, 0) is 6.54 Å². The molecule has 0 spiro atoms. The lowest BCUT2D eigenvalue weighted by Crippen LogP contribution is -2.25. The Hall–Kier alpha value is -2.04. The maximum absolute atomic E-state index is 10.5. The zero-order valence-corrected chi connectivity index (χ0v) is 15.3. The first-order chi connectivity index (χ1) is 12.1. The maximum Gasteiger partial charge on any atom is 0.119 e. The Morgan fingerprint density at radius 3 is 2.60 bits per heavy atom. The second-order valence-corrected chi connectivity index (χ2v) is 6.73. The number of imidazole rings is 1. The molecule has 5 heteroatoms. The summed E-state index contributed by atoms with van der Waals surface area (Å²) >= 11 is 5.87. The molecule has 0 fully saturated rings. The molecule has 0 bridgehead atoms. The van der Waals surface area contributed by atoms with Crippen LogP contribution >= 0.6 is 11.6 Å². The summed E-state index contributed by atoms with van der Waals surface area (Å²) in [6.45, 7) is 4.98. The summed E-state index contributed by atoms with van der Waals surface area (Å²) in [7, 11) is 0. The normalized spacial score (nSPS) is 13.8. The van der Waals surface area contributed by atoms with Gasteiger partial charge in [0.05, 0.1) is 17.6 Å². The van der Waals surface area contributed by atoms with Crippen LogP contribution in [0.5, 0.6) is 5.75 Å². The van der Waals surface area contributed by atoms with E-state index in [0.717, 1.165) is 23.3 Å². The van der Waals surface area contributed by atoms with Gasteiger partial charge in [-0.3, -0.25) is 0 Å². The Morgan fingerprint density at radius 1 is 1.16 bits per heavy atom. The summed E-state index contributed by atoms with van der Waals surface area (Å²) in [6, 6.07) is 15.2. The standard InChI is InChI=1S/C20H23ClN2O2/c1-3-14(2)20-22-18-6-4-5-7-19(18)23(20)12-16(24)13-25-17-10-8-15(21)9-11-17/h4-11,14,16,24H,3,12-13H2,1-2H3. The second-order valence-electron chi connectivity index (χ2n) is 6.30. The topological polar surface area (TPSA) is 47.3 Å². The van der Waals surface area contributed by atoms with E-state index >= 15 is 0 Å². The molecule has 2 aromatic carbocycles. The van der Waals surface area contributed by atoms with Gasteiger partial charge >= 0.3 is 0 Å². The minimum atomic E-state index is -0.629. The van der Waals surface area contributed by atoms with E-state index in [1.54, 1.807) is 24.3 Å². The van der Waals surface area contributed by atoms with Gasteiger partial charge in [-0.05, 0) is 42.8 Å². The number of benzene rings is 2. The highest BCUT2D eigenvalue weighted by Gasteiger charge is 2.18. The second kappa shape index (κ2) is 7.89. The lowest BCUT2D eigenvalue weighted by atomic mass is 10.1. The number of aromatic nitrogens is 2. The average Bonchev–Trinajstić information content (AvgIpc) is 2.99. The molecule has 2 unspecified atom stereocenters. The van der Waals surface area contributed by atoms with Gasteiger partial charge in [0, 0.05) is 10.9 Å². The molecule has 0 amide bonds. The first kappa shape index (κ1) is 17.8. The molecule has 0 radical (unpaired) electrons. The van der Waals surface area contributed by atoms with Gasteiger partial charge in [0.15, 0.2) is 0 Å². The number of nitrogens with zero attached hydrogens (tertiary/aromatic N) is 2. The third kappa shape index (κ3) is 4.14. The van der Waals surface area contributed by atoms with Crippen LogP contribution in [0.25, 0.3) is 11.0 Å². The fourth-order valence-corrected chi connectivity index (χ4v) is 2.96. The zero-order valence-electron chi connectivity index (χ0n) is 14.5. The highest BCUT2D eigenvalue weighted by atomic mass is 35.5. The van der Waals surface area contributed by atoms with E-state index < -0.39 is 6.10 Å². The molecule has 0 saturated heterocycles. The molecule has 1 N–H and O–H groups in total. The molecular weight excluding hydrogens is 336 g/mol. The molecule has 3 rings (SSSR count). The summed E-state index contributed by atoms with van der Waals surface area (Å²) in [4.78, 5) is 4.76. The van der Waals surface area contributed by atoms with Crippen molar-refractivity contribution < 1.29 is 9.84 Å². The zero-order chi connectivity index (χ0) is 17.8. The van der Waals surface area contributed by atoms with Crippen LogP contribution in [0.15, 0.2) is 48.5 Å². The molecule has 0 aliphatic heterocycles. The molecule has 2 atom stereocenters. The van der Waals surface area contributed by atoms with Crippen molar-refractivity contribution >= 4 is 22.6 Å². The van der Waals surface area contributed by atoms with Crippen molar-refractivity contribution in [2.45, 2.75) is 38.8 Å². The van der Waals surface area contributed by atoms with Gasteiger partial charge in [-0.1, -0.05) is 37.6 Å². The Bertz CT molecular complexity index is 829. The van der Waals surface area contributed by atoms with Gasteiger partial charge in [0.25, 0.3) is 0 Å². The lowest BCUT2D eigenvalue weighted by molar-refractivity contribution is 0.0924. The van der Waals surface area contributed by atoms with Crippen LogP contribution in [0.2, 0.25) is 5.02 Å². The summed E-state index contributed by atoms with van der Waals surface area (Å²) in [6.07, 6.45) is 0.372. The minimum absolute atomic E-state index is 0.216. The number of para-hydroxylation sites is 2. The predicted octanol–water partition coefficient (Wildman–Crippen LogP) is 4.64. The van der Waals surface area contributed by atoms with Crippen molar-refractivity contribution in [3.8, 4) is 5.75 Å². The number of fused-ring (bicyclic) bond motifs is 1. The van der Waals surface area contributed by atoms with E-state index in [1.807, 2.05) is 24.3 Å². The smallest absolute Gasteiger partial charge is 0.119 e. The van der Waals surface area contributed by atoms with Gasteiger partial charge < -0.3 is 14.4 Å². The third-order valence-corrected chi connectivity index (χ3v) is 4.64. The summed E-state index contributed by atoms with van der Waals surface area (Å²) in [5, 5.41) is 11.1. The molecule has 1 aromatic heterocycles. The van der Waals surface area contributed by atoms with Gasteiger partial charge in [-0.15, -0.1) is 0 Å². The van der Waals surface area contributed by atoms with Crippen molar-refractivity contribution in [2.75, 3.05) is 6.61 Å². The number of aliphatic hydroxyl groups excluding tert-OH is 1. The molecule has 1 heterocycles. The number of ether oxygens (including phenoxy) is 1. The van der Waals surface area contributed by atoms with Crippen LogP contribution in [0.4, 0.5) is 0 Å². The van der Waals surface area contributed by atoms with Crippen molar-refractivity contribution in [3.05, 3.63) is 59.4 Å². The van der Waals surface area contributed by atoms with Gasteiger partial charge in [0.1, 0.15) is 24.3 Å². The fourth-order valence-electron chi connectivity index (χ4n) is 2.83. The van der Waals surface area contributed by atoms with Crippen molar-refractivity contribution in [1.82, 2.24) is 9.55 Å². The van der Waals surface area contributed by atoms with E-state index in [2.05, 4.69) is 18.4 Å². The highest BCUT2D eigenvalue weighted by Crippen LogP contribution is 2.24. The van der Waals surface area contributed by atoms with E-state index in [1.165, 1.54) is 0 Å². The number of hydrogen-bond donors (Lipinski definition) is 1. The van der Waals surface area contributed by atoms with Gasteiger partial charge in [-0.2, -0.15) is 0 Å². The Balaban J connectivity index is 1.75. The number of rotatable bonds is 7. The molecule has 0 saturated carbocycles. The quantitative estimate of drug-likeness (QED) is 0.669. The Morgan fingerprint density at radius 2 is 1.88 bits per heavy atom. The van der Waals surface area contributed by atoms with Crippen LogP contribution < -0.4 is 4.74 Å². The summed E-state index contributed by atoms with van der Waals surface area (Å²) in [5.41, 5.74) is 2.01. The van der Waals surface area contributed by atoms with E-state index in [4.69, 9.17) is 21.3 Å². The first-order valence-electron chi connectivity index (χ1n) is 8.60. The molecule has 132 valence electrons. The van der Waals surface area contributed by atoms with Crippen molar-refractivity contribution in [1.29, 1.82) is 0 Å². The van der Waals surface area contributed by atoms with Gasteiger partial charge in [0.2, 0.25) is 0 Å². The van der Waals surface area contributed by atoms with Crippen molar-refractivity contribution in [3.63, 3.8) is 0 Å². The Kier molecular flexibility index (Phi) is 5.61. The number of hydrogen-bond acceptors (Lipinski definition) is 3. The summed E-state index contributed by atoms with van der Waals surface area (Å²) < 4.78 is 7.78. The van der Waals surface area contributed by atoms with Crippen LogP contribution in [0.3, 0.4) is 0 Å². The van der Waals surface area contributed by atoms with E-state index in [9.17, 15) is 5.11 Å². The monoisotopic (exact) mass is 358 g/mol. The SMILES string of the molecule is CCC(C)c1nc2ccccc2n1CC(O)COc1ccc(Cl)cc1. The number of halogens is 1. The van der Waals surface area contributed by atoms with E-state index in [-0.39, 0.29) is 6.61 Å². The molecular formula is C20H23ClN2O2. The summed E-state index contributed by atoms with van der Waals surface area (Å²) in [5.74, 6) is 2.03. The third-order valence-electron chi connectivity index (χ3n) is 4.39. The van der Waals surface area contributed by atoms with Crippen LogP contribution in [0.1, 0.15) is 32.0 Å². The molecule has 3 aromatic rings. The predicted molar refractivity (Wildman–Crippen MR) is 101 cm³/mol. The van der Waals surface area contributed by atoms with Crippen LogP contribution in [-0.4, -0.2) is 27.4 Å². The number of aliphatic hydroxyl groups is 1. The Labute approximate surface area is 153 Å². The van der Waals surface area contributed by atoms with E-state index in [0.29, 0.717) is 23.2 Å². The minimum Gasteiger partial charge on any atom is -0.491 e. The highest BCUT2D eigenvalue weighted by molar-refractivity contribution is 6.30. The van der Waals surface area contributed by atoms with Crippen LogP contribution in [0, 0.1) is 0 Å². The molecule has 4 nitrogen and oxygen atoms in total. The average molecular weight is 359 g/mol. The van der Waals surface area contributed by atoms with Crippen molar-refractivity contribution in [2.24, 2.45) is 0 Å².